The number of nitrogens with zero attached hydrogens (tertiary/aromatic N) is 2. The molecule has 7 nitrogen and oxygen atoms in total. The number of H-pyrrole nitrogens is 1. The maximum absolute atomic E-state index is 13.3. The maximum atomic E-state index is 13.3. The van der Waals surface area contributed by atoms with Crippen LogP contribution in [0.1, 0.15) is 47.4 Å². The number of phenols is 1. The van der Waals surface area contributed by atoms with Crippen molar-refractivity contribution in [1.29, 1.82) is 0 Å². The highest BCUT2D eigenvalue weighted by Crippen LogP contribution is 2.46. The van der Waals surface area contributed by atoms with Gasteiger partial charge in [-0.3, -0.25) is 9.89 Å². The molecular formula is C23H24ClN3O4. The highest BCUT2D eigenvalue weighted by atomic mass is 35.5. The SMILES string of the molecule is CCCCN1C(=O)c2[nH]nc(-c3cc(Cl)ccc3O)c2C1c1ccc(OC)c(OC)c1. The van der Waals surface area contributed by atoms with E-state index in [1.165, 1.54) is 6.07 Å². The van der Waals surface area contributed by atoms with Crippen LogP contribution >= 0.6 is 11.6 Å². The summed E-state index contributed by atoms with van der Waals surface area (Å²) in [5.74, 6) is 1.11. The third kappa shape index (κ3) is 3.59. The normalized spacial score (nSPS) is 15.3. The van der Waals surface area contributed by atoms with E-state index in [1.54, 1.807) is 26.4 Å². The number of ether oxygens (including phenoxy) is 2. The molecule has 0 bridgehead atoms. The molecule has 2 heterocycles. The van der Waals surface area contributed by atoms with E-state index in [-0.39, 0.29) is 17.7 Å². The van der Waals surface area contributed by atoms with Gasteiger partial charge in [-0.05, 0) is 42.3 Å². The van der Waals surface area contributed by atoms with Gasteiger partial charge in [0.2, 0.25) is 0 Å². The summed E-state index contributed by atoms with van der Waals surface area (Å²) in [6.07, 6.45) is 1.82. The number of amides is 1. The molecule has 0 radical (unpaired) electrons. The molecule has 2 aromatic carbocycles. The zero-order chi connectivity index (χ0) is 22.1. The van der Waals surface area contributed by atoms with Crippen molar-refractivity contribution in [2.24, 2.45) is 0 Å². The minimum absolute atomic E-state index is 0.0456. The molecule has 0 spiro atoms. The topological polar surface area (TPSA) is 87.7 Å². The second kappa shape index (κ2) is 8.51. The Hall–Kier alpha value is -3.19. The van der Waals surface area contributed by atoms with E-state index in [1.807, 2.05) is 23.1 Å². The monoisotopic (exact) mass is 441 g/mol. The van der Waals surface area contributed by atoms with Gasteiger partial charge in [0.05, 0.1) is 20.3 Å². The van der Waals surface area contributed by atoms with Crippen LogP contribution < -0.4 is 9.47 Å². The third-order valence-electron chi connectivity index (χ3n) is 5.55. The number of aromatic nitrogens is 2. The summed E-state index contributed by atoms with van der Waals surface area (Å²) in [6.45, 7) is 2.68. The van der Waals surface area contributed by atoms with Crippen molar-refractivity contribution in [3.63, 3.8) is 0 Å². The van der Waals surface area contributed by atoms with E-state index in [0.29, 0.717) is 45.6 Å². The summed E-state index contributed by atoms with van der Waals surface area (Å²) in [7, 11) is 3.16. The number of unbranched alkanes of at least 4 members (excludes halogenated alkanes) is 1. The molecule has 1 amide bonds. The lowest BCUT2D eigenvalue weighted by Gasteiger charge is -2.27. The lowest BCUT2D eigenvalue weighted by atomic mass is 9.95. The van der Waals surface area contributed by atoms with Crippen molar-refractivity contribution in [2.75, 3.05) is 20.8 Å². The number of carbonyl (C=O) groups is 1. The van der Waals surface area contributed by atoms with Gasteiger partial charge >= 0.3 is 0 Å². The van der Waals surface area contributed by atoms with Crippen molar-refractivity contribution in [3.8, 4) is 28.5 Å². The number of halogens is 1. The highest BCUT2D eigenvalue weighted by molar-refractivity contribution is 6.31. The second-order valence-corrected chi connectivity index (χ2v) is 7.83. The molecule has 4 rings (SSSR count). The Morgan fingerprint density at radius 1 is 1.16 bits per heavy atom. The fraction of sp³-hybridized carbons (Fsp3) is 0.304. The van der Waals surface area contributed by atoms with Crippen molar-refractivity contribution >= 4 is 17.5 Å². The van der Waals surface area contributed by atoms with Gasteiger partial charge in [-0.2, -0.15) is 5.10 Å². The first-order chi connectivity index (χ1) is 15.0. The Morgan fingerprint density at radius 2 is 1.94 bits per heavy atom. The molecule has 8 heteroatoms. The number of benzene rings is 2. The molecule has 0 aliphatic carbocycles. The van der Waals surface area contributed by atoms with Crippen LogP contribution in [0.25, 0.3) is 11.3 Å². The zero-order valence-electron chi connectivity index (χ0n) is 17.6. The van der Waals surface area contributed by atoms with Crippen molar-refractivity contribution in [1.82, 2.24) is 15.1 Å². The smallest absolute Gasteiger partial charge is 0.273 e. The molecule has 0 saturated heterocycles. The quantitative estimate of drug-likeness (QED) is 0.550. The van der Waals surface area contributed by atoms with Crippen LogP contribution in [0.4, 0.5) is 0 Å². The number of carbonyl (C=O) groups excluding carboxylic acids is 1. The van der Waals surface area contributed by atoms with Gasteiger partial charge in [0, 0.05) is 22.7 Å². The van der Waals surface area contributed by atoms with Crippen LogP contribution in [0.2, 0.25) is 5.02 Å². The molecule has 1 aliphatic rings. The summed E-state index contributed by atoms with van der Waals surface area (Å²) in [5.41, 5.74) is 2.98. The van der Waals surface area contributed by atoms with E-state index in [2.05, 4.69) is 17.1 Å². The number of phenolic OH excluding ortho intramolecular Hbond substituents is 1. The predicted molar refractivity (Wildman–Crippen MR) is 118 cm³/mol. The first-order valence-corrected chi connectivity index (χ1v) is 10.5. The summed E-state index contributed by atoms with van der Waals surface area (Å²) < 4.78 is 10.9. The van der Waals surface area contributed by atoms with Crippen molar-refractivity contribution < 1.29 is 19.4 Å². The maximum Gasteiger partial charge on any atom is 0.273 e. The standard InChI is InChI=1S/C23H24ClN3O4/c1-4-5-10-27-22(13-6-9-17(30-2)18(11-13)31-3)19-20(25-26-21(19)23(27)29)15-12-14(24)7-8-16(15)28/h6-9,11-12,22,28H,4-5,10H2,1-3H3,(H,25,26). The Bertz CT molecular complexity index is 1130. The number of hydrogen-bond acceptors (Lipinski definition) is 5. The average Bonchev–Trinajstić information content (AvgIpc) is 3.32. The summed E-state index contributed by atoms with van der Waals surface area (Å²) in [6, 6.07) is 10.0. The minimum atomic E-state index is -0.388. The van der Waals surface area contributed by atoms with Crippen LogP contribution in [0.15, 0.2) is 36.4 Å². The molecular weight excluding hydrogens is 418 g/mol. The average molecular weight is 442 g/mol. The number of hydrogen-bond donors (Lipinski definition) is 2. The van der Waals surface area contributed by atoms with Crippen LogP contribution in [0.3, 0.4) is 0 Å². The Labute approximate surface area is 185 Å². The van der Waals surface area contributed by atoms with E-state index in [9.17, 15) is 9.90 Å². The molecule has 162 valence electrons. The number of aromatic amines is 1. The second-order valence-electron chi connectivity index (χ2n) is 7.39. The van der Waals surface area contributed by atoms with E-state index >= 15 is 0 Å². The van der Waals surface area contributed by atoms with Gasteiger partial charge in [0.15, 0.2) is 11.5 Å². The Kier molecular flexibility index (Phi) is 5.78. The van der Waals surface area contributed by atoms with Gasteiger partial charge in [0.25, 0.3) is 5.91 Å². The number of methoxy groups -OCH3 is 2. The van der Waals surface area contributed by atoms with E-state index in [0.717, 1.165) is 18.4 Å². The zero-order valence-corrected chi connectivity index (χ0v) is 18.4. The Morgan fingerprint density at radius 3 is 2.65 bits per heavy atom. The van der Waals surface area contributed by atoms with Crippen molar-refractivity contribution in [3.05, 3.63) is 58.2 Å². The predicted octanol–water partition coefficient (Wildman–Crippen LogP) is 4.80. The largest absolute Gasteiger partial charge is 0.507 e. The van der Waals surface area contributed by atoms with E-state index in [4.69, 9.17) is 21.1 Å². The lowest BCUT2D eigenvalue weighted by Crippen LogP contribution is -2.30. The number of nitrogens with one attached hydrogen (secondary N) is 1. The molecule has 0 fully saturated rings. The molecule has 3 aromatic rings. The molecule has 2 N–H and O–H groups in total. The van der Waals surface area contributed by atoms with Crippen LogP contribution in [-0.2, 0) is 0 Å². The van der Waals surface area contributed by atoms with Crippen molar-refractivity contribution in [2.45, 2.75) is 25.8 Å². The fourth-order valence-electron chi connectivity index (χ4n) is 4.03. The number of rotatable bonds is 7. The molecule has 1 aromatic heterocycles. The summed E-state index contributed by atoms with van der Waals surface area (Å²) >= 11 is 6.18. The van der Waals surface area contributed by atoms with Crippen LogP contribution in [0.5, 0.6) is 17.2 Å². The van der Waals surface area contributed by atoms with Gasteiger partial charge in [-0.25, -0.2) is 0 Å². The lowest BCUT2D eigenvalue weighted by molar-refractivity contribution is 0.0741. The van der Waals surface area contributed by atoms with Crippen LogP contribution in [-0.4, -0.2) is 46.9 Å². The number of aromatic hydroxyl groups is 1. The number of fused-ring (bicyclic) bond motifs is 1. The summed E-state index contributed by atoms with van der Waals surface area (Å²) in [5, 5.41) is 18.2. The Balaban J connectivity index is 1.90. The van der Waals surface area contributed by atoms with E-state index < -0.39 is 0 Å². The highest BCUT2D eigenvalue weighted by Gasteiger charge is 2.42. The molecule has 1 atom stereocenters. The summed E-state index contributed by atoms with van der Waals surface area (Å²) in [4.78, 5) is 15.1. The van der Waals surface area contributed by atoms with Gasteiger partial charge in [0.1, 0.15) is 17.1 Å². The van der Waals surface area contributed by atoms with Gasteiger partial charge in [-0.1, -0.05) is 31.0 Å². The first-order valence-electron chi connectivity index (χ1n) is 10.1. The molecule has 31 heavy (non-hydrogen) atoms. The minimum Gasteiger partial charge on any atom is -0.507 e. The van der Waals surface area contributed by atoms with Crippen LogP contribution in [0, 0.1) is 0 Å². The fourth-order valence-corrected chi connectivity index (χ4v) is 4.20. The first kappa shape index (κ1) is 21.1. The van der Waals surface area contributed by atoms with Gasteiger partial charge in [-0.15, -0.1) is 0 Å². The third-order valence-corrected chi connectivity index (χ3v) is 5.79. The molecule has 0 saturated carbocycles. The molecule has 1 aliphatic heterocycles. The van der Waals surface area contributed by atoms with Gasteiger partial charge < -0.3 is 19.5 Å². The molecule has 1 unspecified atom stereocenters.